The Morgan fingerprint density at radius 3 is 1.86 bits per heavy atom. The van der Waals surface area contributed by atoms with Crippen LogP contribution in [0.3, 0.4) is 0 Å². The number of hydrogen-bond acceptors (Lipinski definition) is 8. The Balaban J connectivity index is 0.000000274. The van der Waals surface area contributed by atoms with Crippen LogP contribution in [-0.4, -0.2) is 61.4 Å². The van der Waals surface area contributed by atoms with Gasteiger partial charge in [-0.1, -0.05) is 12.8 Å². The molecular weight excluding hydrogens is 394 g/mol. The number of carboxylic acids is 4. The van der Waals surface area contributed by atoms with E-state index in [4.69, 9.17) is 45.3 Å². The van der Waals surface area contributed by atoms with Crippen molar-refractivity contribution in [2.75, 3.05) is 5.73 Å². The lowest BCUT2D eigenvalue weighted by molar-refractivity contribution is -0.159. The van der Waals surface area contributed by atoms with Crippen LogP contribution in [0, 0.1) is 0 Å². The fraction of sp³-hybridized carbons (Fsp3) is 0.562. The van der Waals surface area contributed by atoms with Crippen LogP contribution in [0.25, 0.3) is 0 Å². The van der Waals surface area contributed by atoms with E-state index in [1.165, 1.54) is 42.7 Å². The second kappa shape index (κ2) is 11.2. The smallest absolute Gasteiger partial charge is 0.414 e. The lowest BCUT2D eigenvalue weighted by Crippen LogP contribution is -2.40. The molecule has 2 aliphatic rings. The summed E-state index contributed by atoms with van der Waals surface area (Å²) >= 11 is 1.68. The molecule has 0 bridgehead atoms. The molecule has 1 saturated carbocycles. The third kappa shape index (κ3) is 8.31. The zero-order valence-corrected chi connectivity index (χ0v) is 15.8. The molecule has 0 spiro atoms. The highest BCUT2D eigenvalue weighted by molar-refractivity contribution is 7.15. The third-order valence-corrected chi connectivity index (χ3v) is 5.10. The van der Waals surface area contributed by atoms with E-state index in [0.29, 0.717) is 6.04 Å². The van der Waals surface area contributed by atoms with E-state index in [1.807, 2.05) is 0 Å². The second-order valence-electron chi connectivity index (χ2n) is 6.23. The van der Waals surface area contributed by atoms with Crippen molar-refractivity contribution in [2.45, 2.75) is 57.0 Å². The highest BCUT2D eigenvalue weighted by atomic mass is 32.1. The number of carboxylic acid groups (broad SMARTS) is 4. The number of nitrogens with zero attached hydrogens (tertiary/aromatic N) is 1. The molecule has 0 aliphatic heterocycles. The van der Waals surface area contributed by atoms with Gasteiger partial charge in [-0.3, -0.25) is 0 Å². The fourth-order valence-electron chi connectivity index (χ4n) is 2.96. The highest BCUT2D eigenvalue weighted by Crippen LogP contribution is 2.29. The van der Waals surface area contributed by atoms with Crippen LogP contribution in [-0.2, 0) is 32.0 Å². The first kappa shape index (κ1) is 23.3. The van der Waals surface area contributed by atoms with E-state index >= 15 is 0 Å². The summed E-state index contributed by atoms with van der Waals surface area (Å²) in [4.78, 5) is 42.2. The van der Waals surface area contributed by atoms with Crippen molar-refractivity contribution in [3.8, 4) is 0 Å². The van der Waals surface area contributed by atoms with E-state index in [0.717, 1.165) is 24.0 Å². The number of fused-ring (bicyclic) bond motifs is 1. The number of aliphatic carboxylic acids is 4. The molecule has 1 heterocycles. The predicted molar refractivity (Wildman–Crippen MR) is 98.3 cm³/mol. The van der Waals surface area contributed by atoms with Crippen molar-refractivity contribution in [2.24, 2.45) is 0 Å². The largest absolute Gasteiger partial charge is 0.473 e. The van der Waals surface area contributed by atoms with Gasteiger partial charge in [0.05, 0.1) is 5.69 Å². The molecule has 1 atom stereocenters. The van der Waals surface area contributed by atoms with Gasteiger partial charge in [-0.2, -0.15) is 0 Å². The maximum Gasteiger partial charge on any atom is 0.414 e. The van der Waals surface area contributed by atoms with Crippen molar-refractivity contribution in [1.82, 2.24) is 10.3 Å². The van der Waals surface area contributed by atoms with Gasteiger partial charge >= 0.3 is 23.9 Å². The Morgan fingerprint density at radius 1 is 0.893 bits per heavy atom. The molecule has 0 aromatic carbocycles. The van der Waals surface area contributed by atoms with Crippen LogP contribution in [0.15, 0.2) is 0 Å². The summed E-state index contributed by atoms with van der Waals surface area (Å²) in [6, 6.07) is 1.44. The quantitative estimate of drug-likeness (QED) is 0.364. The molecule has 156 valence electrons. The maximum atomic E-state index is 9.10. The molecule has 0 radical (unpaired) electrons. The Kier molecular flexibility index (Phi) is 9.32. The molecule has 1 fully saturated rings. The standard InChI is InChI=1S/C12H19N3S.2C2H2O4/c13-12-15-10-6-5-9(7-11(10)16-12)14-8-3-1-2-4-8;2*3-1(4)2(5)6/h8-9,14H,1-7H2,(H2,13,15);2*(H,3,4)(H,5,6). The number of nitrogen functional groups attached to an aromatic ring is 1. The Hall–Kier alpha value is -2.73. The monoisotopic (exact) mass is 417 g/mol. The minimum Gasteiger partial charge on any atom is -0.473 e. The summed E-state index contributed by atoms with van der Waals surface area (Å²) in [6.45, 7) is 0. The van der Waals surface area contributed by atoms with E-state index in [9.17, 15) is 0 Å². The number of aryl methyl sites for hydroxylation is 1. The number of thiazole rings is 1. The van der Waals surface area contributed by atoms with Crippen LogP contribution < -0.4 is 11.1 Å². The van der Waals surface area contributed by atoms with Gasteiger partial charge in [0, 0.05) is 17.0 Å². The average molecular weight is 417 g/mol. The van der Waals surface area contributed by atoms with Gasteiger partial charge in [0.2, 0.25) is 0 Å². The van der Waals surface area contributed by atoms with Gasteiger partial charge in [0.1, 0.15) is 0 Å². The summed E-state index contributed by atoms with van der Waals surface area (Å²) in [7, 11) is 0. The number of rotatable bonds is 2. The molecule has 2 aliphatic carbocycles. The van der Waals surface area contributed by atoms with E-state index in [-0.39, 0.29) is 0 Å². The minimum absolute atomic E-state index is 0.662. The van der Waals surface area contributed by atoms with Crippen molar-refractivity contribution in [1.29, 1.82) is 0 Å². The minimum atomic E-state index is -1.82. The zero-order chi connectivity index (χ0) is 21.3. The first-order chi connectivity index (χ1) is 13.1. The number of carbonyl (C=O) groups is 4. The number of hydrogen-bond donors (Lipinski definition) is 6. The molecule has 7 N–H and O–H groups in total. The molecule has 3 rings (SSSR count). The normalized spacial score (nSPS) is 17.9. The van der Waals surface area contributed by atoms with Gasteiger partial charge < -0.3 is 31.5 Å². The van der Waals surface area contributed by atoms with Crippen molar-refractivity contribution in [3.05, 3.63) is 10.6 Å². The van der Waals surface area contributed by atoms with Crippen LogP contribution in [0.2, 0.25) is 0 Å². The van der Waals surface area contributed by atoms with E-state index in [1.54, 1.807) is 11.3 Å². The highest BCUT2D eigenvalue weighted by Gasteiger charge is 2.25. The van der Waals surface area contributed by atoms with Crippen LogP contribution in [0.5, 0.6) is 0 Å². The van der Waals surface area contributed by atoms with Gasteiger partial charge in [-0.15, -0.1) is 11.3 Å². The van der Waals surface area contributed by atoms with Crippen molar-refractivity contribution >= 4 is 40.3 Å². The molecule has 1 aromatic heterocycles. The molecule has 0 amide bonds. The van der Waals surface area contributed by atoms with Crippen LogP contribution >= 0.6 is 11.3 Å². The molecule has 1 unspecified atom stereocenters. The van der Waals surface area contributed by atoms with Gasteiger partial charge in [-0.25, -0.2) is 24.2 Å². The average Bonchev–Trinajstić information content (AvgIpc) is 3.24. The van der Waals surface area contributed by atoms with Crippen LogP contribution in [0.1, 0.15) is 42.7 Å². The Labute approximate surface area is 164 Å². The van der Waals surface area contributed by atoms with Crippen molar-refractivity contribution in [3.63, 3.8) is 0 Å². The lowest BCUT2D eigenvalue weighted by atomic mass is 9.97. The third-order valence-electron chi connectivity index (χ3n) is 4.15. The van der Waals surface area contributed by atoms with Crippen LogP contribution in [0.4, 0.5) is 5.13 Å². The second-order valence-corrected chi connectivity index (χ2v) is 7.35. The SMILES string of the molecule is Nc1nc2c(s1)CC(NC1CCCC1)CC2.O=C(O)C(=O)O.O=C(O)C(=O)O. The Bertz CT molecular complexity index is 667. The summed E-state index contributed by atoms with van der Waals surface area (Å²) in [5.41, 5.74) is 7.01. The Morgan fingerprint density at radius 2 is 1.39 bits per heavy atom. The molecule has 11 nitrogen and oxygen atoms in total. The number of nitrogens with two attached hydrogens (primary N) is 1. The van der Waals surface area contributed by atoms with E-state index < -0.39 is 23.9 Å². The summed E-state index contributed by atoms with van der Waals surface area (Å²) in [5.74, 6) is -7.30. The summed E-state index contributed by atoms with van der Waals surface area (Å²) < 4.78 is 0. The first-order valence-electron chi connectivity index (χ1n) is 8.52. The summed E-state index contributed by atoms with van der Waals surface area (Å²) in [5, 5.41) is 34.1. The van der Waals surface area contributed by atoms with E-state index in [2.05, 4.69) is 10.3 Å². The first-order valence-corrected chi connectivity index (χ1v) is 9.34. The summed E-state index contributed by atoms with van der Waals surface area (Å²) in [6.07, 6.45) is 9.02. The molecule has 28 heavy (non-hydrogen) atoms. The van der Waals surface area contributed by atoms with Crippen molar-refractivity contribution < 1.29 is 39.6 Å². The van der Waals surface area contributed by atoms with Gasteiger partial charge in [-0.05, 0) is 32.1 Å². The number of aromatic nitrogens is 1. The fourth-order valence-corrected chi connectivity index (χ4v) is 3.92. The maximum absolute atomic E-state index is 9.10. The molecule has 12 heteroatoms. The number of nitrogens with one attached hydrogen (secondary N) is 1. The predicted octanol–water partition coefficient (Wildman–Crippen LogP) is 0.426. The molecular formula is C16H23N3O8S. The number of anilines is 1. The van der Waals surface area contributed by atoms with Gasteiger partial charge in [0.25, 0.3) is 0 Å². The topological polar surface area (TPSA) is 200 Å². The lowest BCUT2D eigenvalue weighted by Gasteiger charge is -2.25. The molecule has 1 aromatic rings. The molecule has 0 saturated heterocycles. The van der Waals surface area contributed by atoms with Gasteiger partial charge in [0.15, 0.2) is 5.13 Å². The zero-order valence-electron chi connectivity index (χ0n) is 15.0.